The van der Waals surface area contributed by atoms with Gasteiger partial charge in [-0.05, 0) is 55.5 Å². The van der Waals surface area contributed by atoms with Crippen molar-refractivity contribution in [3.05, 3.63) is 53.6 Å². The molecule has 0 saturated heterocycles. The Morgan fingerprint density at radius 1 is 1.10 bits per heavy atom. The standard InChI is InChI=1S/C16H18ClNO2S/c1-12(19)18-10-11-21-16-8-6-15(7-9-16)20-14-4-2-13(17)3-5-14/h2-9,12,18-19H,10-11H2,1H3. The summed E-state index contributed by atoms with van der Waals surface area (Å²) in [5.74, 6) is 2.46. The Balaban J connectivity index is 1.82. The van der Waals surface area contributed by atoms with Gasteiger partial charge in [-0.1, -0.05) is 11.6 Å². The van der Waals surface area contributed by atoms with Gasteiger partial charge in [-0.2, -0.15) is 0 Å². The molecule has 0 aliphatic heterocycles. The molecule has 3 nitrogen and oxygen atoms in total. The van der Waals surface area contributed by atoms with Gasteiger partial charge < -0.3 is 9.84 Å². The molecular weight excluding hydrogens is 306 g/mol. The zero-order chi connectivity index (χ0) is 15.1. The SMILES string of the molecule is CC(O)NCCSc1ccc(Oc2ccc(Cl)cc2)cc1. The van der Waals surface area contributed by atoms with E-state index in [9.17, 15) is 0 Å². The van der Waals surface area contributed by atoms with Crippen LogP contribution in [0.2, 0.25) is 5.02 Å². The van der Waals surface area contributed by atoms with E-state index in [-0.39, 0.29) is 0 Å². The maximum absolute atomic E-state index is 9.10. The zero-order valence-electron chi connectivity index (χ0n) is 11.8. The summed E-state index contributed by atoms with van der Waals surface area (Å²) in [6.45, 7) is 2.49. The fourth-order valence-corrected chi connectivity index (χ4v) is 2.59. The van der Waals surface area contributed by atoms with Crippen LogP contribution in [0.1, 0.15) is 6.92 Å². The molecule has 0 radical (unpaired) electrons. The molecule has 2 rings (SSSR count). The molecule has 5 heteroatoms. The number of halogens is 1. The van der Waals surface area contributed by atoms with Crippen LogP contribution < -0.4 is 10.1 Å². The quantitative estimate of drug-likeness (QED) is 0.456. The molecule has 1 atom stereocenters. The van der Waals surface area contributed by atoms with Crippen molar-refractivity contribution in [2.75, 3.05) is 12.3 Å². The summed E-state index contributed by atoms with van der Waals surface area (Å²) >= 11 is 7.57. The van der Waals surface area contributed by atoms with Crippen molar-refractivity contribution in [3.8, 4) is 11.5 Å². The van der Waals surface area contributed by atoms with Crippen molar-refractivity contribution in [2.45, 2.75) is 18.0 Å². The number of nitrogens with one attached hydrogen (secondary N) is 1. The van der Waals surface area contributed by atoms with Gasteiger partial charge in [-0.25, -0.2) is 0 Å². The summed E-state index contributed by atoms with van der Waals surface area (Å²) < 4.78 is 5.73. The van der Waals surface area contributed by atoms with Crippen LogP contribution in [0.3, 0.4) is 0 Å². The summed E-state index contributed by atoms with van der Waals surface area (Å²) in [4.78, 5) is 1.17. The van der Waals surface area contributed by atoms with Gasteiger partial charge >= 0.3 is 0 Å². The Hall–Kier alpha value is -1.20. The van der Waals surface area contributed by atoms with E-state index in [4.69, 9.17) is 21.4 Å². The van der Waals surface area contributed by atoms with Crippen LogP contribution in [0, 0.1) is 0 Å². The lowest BCUT2D eigenvalue weighted by atomic mass is 10.3. The van der Waals surface area contributed by atoms with Gasteiger partial charge in [-0.3, -0.25) is 5.32 Å². The zero-order valence-corrected chi connectivity index (χ0v) is 13.3. The molecule has 2 aromatic rings. The molecule has 1 unspecified atom stereocenters. The molecule has 0 amide bonds. The molecule has 2 aromatic carbocycles. The smallest absolute Gasteiger partial charge is 0.127 e. The molecule has 0 bridgehead atoms. The first kappa shape index (κ1) is 16.2. The highest BCUT2D eigenvalue weighted by Crippen LogP contribution is 2.26. The van der Waals surface area contributed by atoms with Gasteiger partial charge in [0.2, 0.25) is 0 Å². The summed E-state index contributed by atoms with van der Waals surface area (Å²) in [6, 6.07) is 15.2. The van der Waals surface area contributed by atoms with Crippen molar-refractivity contribution >= 4 is 23.4 Å². The molecule has 0 heterocycles. The Bertz CT molecular complexity index is 543. The van der Waals surface area contributed by atoms with Crippen LogP contribution in [-0.2, 0) is 0 Å². The monoisotopic (exact) mass is 323 g/mol. The van der Waals surface area contributed by atoms with Crippen molar-refractivity contribution in [1.82, 2.24) is 5.32 Å². The van der Waals surface area contributed by atoms with Crippen LogP contribution in [0.15, 0.2) is 53.4 Å². The second-order valence-electron chi connectivity index (χ2n) is 4.51. The third-order valence-corrected chi connectivity index (χ3v) is 3.95. The molecule has 2 N–H and O–H groups in total. The highest BCUT2D eigenvalue weighted by atomic mass is 35.5. The van der Waals surface area contributed by atoms with Crippen LogP contribution in [0.5, 0.6) is 11.5 Å². The molecule has 21 heavy (non-hydrogen) atoms. The summed E-state index contributed by atoms with van der Waals surface area (Å²) in [5, 5.41) is 12.8. The number of hydrogen-bond acceptors (Lipinski definition) is 4. The highest BCUT2D eigenvalue weighted by molar-refractivity contribution is 7.99. The van der Waals surface area contributed by atoms with Crippen LogP contribution in [0.25, 0.3) is 0 Å². The van der Waals surface area contributed by atoms with Gasteiger partial charge in [0.1, 0.15) is 17.7 Å². The first-order valence-corrected chi connectivity index (χ1v) is 8.07. The van der Waals surface area contributed by atoms with Gasteiger partial charge in [0.15, 0.2) is 0 Å². The number of aliphatic hydroxyl groups excluding tert-OH is 1. The molecule has 112 valence electrons. The minimum atomic E-state index is -0.458. The van der Waals surface area contributed by atoms with Gasteiger partial charge in [0, 0.05) is 22.2 Å². The van der Waals surface area contributed by atoms with E-state index >= 15 is 0 Å². The maximum atomic E-state index is 9.10. The van der Waals surface area contributed by atoms with E-state index in [0.29, 0.717) is 5.02 Å². The Morgan fingerprint density at radius 3 is 2.24 bits per heavy atom. The third kappa shape index (κ3) is 5.98. The van der Waals surface area contributed by atoms with Crippen molar-refractivity contribution in [3.63, 3.8) is 0 Å². The minimum Gasteiger partial charge on any atom is -0.457 e. The minimum absolute atomic E-state index is 0.458. The van der Waals surface area contributed by atoms with E-state index in [2.05, 4.69) is 5.32 Å². The lowest BCUT2D eigenvalue weighted by molar-refractivity contribution is 0.160. The lowest BCUT2D eigenvalue weighted by Gasteiger charge is -2.08. The van der Waals surface area contributed by atoms with Gasteiger partial charge in [-0.15, -0.1) is 11.8 Å². The van der Waals surface area contributed by atoms with E-state index in [1.165, 1.54) is 4.90 Å². The Kier molecular flexibility index (Phi) is 6.39. The van der Waals surface area contributed by atoms with Crippen LogP contribution in [0.4, 0.5) is 0 Å². The molecule has 0 saturated carbocycles. The summed E-state index contributed by atoms with van der Waals surface area (Å²) in [7, 11) is 0. The average Bonchev–Trinajstić information content (AvgIpc) is 2.47. The molecular formula is C16H18ClNO2S. The van der Waals surface area contributed by atoms with Gasteiger partial charge in [0.25, 0.3) is 0 Å². The van der Waals surface area contributed by atoms with E-state index in [0.717, 1.165) is 23.8 Å². The van der Waals surface area contributed by atoms with E-state index in [1.54, 1.807) is 30.8 Å². The summed E-state index contributed by atoms with van der Waals surface area (Å²) in [5.41, 5.74) is 0. The number of benzene rings is 2. The van der Waals surface area contributed by atoms with E-state index < -0.39 is 6.23 Å². The van der Waals surface area contributed by atoms with E-state index in [1.807, 2.05) is 36.4 Å². The average molecular weight is 324 g/mol. The van der Waals surface area contributed by atoms with Crippen molar-refractivity contribution in [1.29, 1.82) is 0 Å². The number of ether oxygens (including phenoxy) is 1. The van der Waals surface area contributed by atoms with Gasteiger partial charge in [0.05, 0.1) is 0 Å². The fraction of sp³-hybridized carbons (Fsp3) is 0.250. The predicted octanol–water partition coefficient (Wildman–Crippen LogP) is 4.15. The second-order valence-corrected chi connectivity index (χ2v) is 6.11. The molecule has 0 aliphatic carbocycles. The largest absolute Gasteiger partial charge is 0.457 e. The Morgan fingerprint density at radius 2 is 1.67 bits per heavy atom. The number of aliphatic hydroxyl groups is 1. The van der Waals surface area contributed by atoms with Crippen LogP contribution >= 0.6 is 23.4 Å². The molecule has 0 spiro atoms. The second kappa shape index (κ2) is 8.29. The summed E-state index contributed by atoms with van der Waals surface area (Å²) in [6.07, 6.45) is -0.458. The van der Waals surface area contributed by atoms with Crippen molar-refractivity contribution in [2.24, 2.45) is 0 Å². The maximum Gasteiger partial charge on any atom is 0.127 e. The molecule has 0 aromatic heterocycles. The number of hydrogen-bond donors (Lipinski definition) is 2. The normalized spacial score (nSPS) is 12.1. The number of rotatable bonds is 7. The highest BCUT2D eigenvalue weighted by Gasteiger charge is 2.00. The van der Waals surface area contributed by atoms with Crippen LogP contribution in [-0.4, -0.2) is 23.6 Å². The third-order valence-electron chi connectivity index (χ3n) is 2.68. The van der Waals surface area contributed by atoms with Crippen molar-refractivity contribution < 1.29 is 9.84 Å². The fourth-order valence-electron chi connectivity index (χ4n) is 1.68. The predicted molar refractivity (Wildman–Crippen MR) is 88.4 cm³/mol. The number of thioether (sulfide) groups is 1. The first-order chi connectivity index (χ1) is 10.1. The molecule has 0 aliphatic rings. The lowest BCUT2D eigenvalue weighted by Crippen LogP contribution is -2.27. The molecule has 0 fully saturated rings. The topological polar surface area (TPSA) is 41.5 Å². The first-order valence-electron chi connectivity index (χ1n) is 6.71. The Labute approximate surface area is 134 Å².